The van der Waals surface area contributed by atoms with Crippen molar-refractivity contribution in [3.63, 3.8) is 0 Å². The number of carbonyl (C=O) groups excluding carboxylic acids is 2. The number of carbonyl (C=O) groups is 3. The highest BCUT2D eigenvalue weighted by molar-refractivity contribution is 8.01. The molecule has 0 spiro atoms. The quantitative estimate of drug-likeness (QED) is 0.647. The number of nitrogens with zero attached hydrogens (tertiary/aromatic N) is 4. The third kappa shape index (κ3) is 3.24. The Morgan fingerprint density at radius 1 is 1.24 bits per heavy atom. The summed E-state index contributed by atoms with van der Waals surface area (Å²) in [6, 6.07) is 4.70. The minimum absolute atomic E-state index is 0.429. The van der Waals surface area contributed by atoms with Gasteiger partial charge in [0.1, 0.15) is 23.9 Å². The second kappa shape index (κ2) is 7.17. The van der Waals surface area contributed by atoms with Crippen molar-refractivity contribution in [3.05, 3.63) is 24.4 Å². The van der Waals surface area contributed by atoms with Crippen LogP contribution in [0.4, 0.5) is 5.82 Å². The molecule has 2 amide bonds. The van der Waals surface area contributed by atoms with Crippen molar-refractivity contribution in [2.24, 2.45) is 5.92 Å². The molecule has 4 rings (SSSR count). The Balaban J connectivity index is 1.40. The zero-order valence-electron chi connectivity index (χ0n) is 16.3. The van der Waals surface area contributed by atoms with Gasteiger partial charge >= 0.3 is 5.97 Å². The number of carboxylic acids is 1. The number of pyridine rings is 1. The monoisotopic (exact) mass is 420 g/mol. The average Bonchev–Trinajstić information content (AvgIpc) is 2.95. The third-order valence-electron chi connectivity index (χ3n) is 5.87. The lowest BCUT2D eigenvalue weighted by molar-refractivity contribution is -0.173. The van der Waals surface area contributed by atoms with Gasteiger partial charge in [-0.3, -0.25) is 9.59 Å². The van der Waals surface area contributed by atoms with Crippen LogP contribution >= 0.6 is 11.8 Å². The molecule has 0 bridgehead atoms. The second-order valence-electron chi connectivity index (χ2n) is 8.07. The van der Waals surface area contributed by atoms with Crippen LogP contribution in [0.25, 0.3) is 0 Å². The van der Waals surface area contributed by atoms with Gasteiger partial charge in [-0.05, 0) is 26.0 Å². The fourth-order valence-electron chi connectivity index (χ4n) is 4.37. The van der Waals surface area contributed by atoms with Gasteiger partial charge in [0.2, 0.25) is 5.91 Å². The molecule has 0 radical (unpaired) electrons. The van der Waals surface area contributed by atoms with E-state index in [2.05, 4.69) is 9.88 Å². The number of carboxylic acid groups (broad SMARTS) is 1. The summed E-state index contributed by atoms with van der Waals surface area (Å²) in [5, 5.41) is 19.7. The van der Waals surface area contributed by atoms with E-state index < -0.39 is 46.0 Å². The molecule has 29 heavy (non-hydrogen) atoms. The number of hydrogen-bond donors (Lipinski definition) is 2. The summed E-state index contributed by atoms with van der Waals surface area (Å²) < 4.78 is -0.683. The predicted molar refractivity (Wildman–Crippen MR) is 106 cm³/mol. The number of hydrogen-bond acceptors (Lipinski definition) is 7. The summed E-state index contributed by atoms with van der Waals surface area (Å²) >= 11 is 1.33. The lowest BCUT2D eigenvalue weighted by atomic mass is 9.87. The van der Waals surface area contributed by atoms with Crippen molar-refractivity contribution in [3.8, 4) is 0 Å². The highest BCUT2D eigenvalue weighted by Crippen LogP contribution is 2.54. The van der Waals surface area contributed by atoms with E-state index >= 15 is 0 Å². The Kier molecular flexibility index (Phi) is 4.94. The number of rotatable bonds is 4. The molecule has 1 aromatic heterocycles. The first kappa shape index (κ1) is 20.0. The molecular weight excluding hydrogens is 396 g/mol. The van der Waals surface area contributed by atoms with E-state index in [4.69, 9.17) is 0 Å². The maximum atomic E-state index is 12.8. The Hall–Kier alpha value is -2.33. The van der Waals surface area contributed by atoms with Gasteiger partial charge in [0.25, 0.3) is 5.91 Å². The van der Waals surface area contributed by atoms with Gasteiger partial charge in [-0.15, -0.1) is 11.8 Å². The van der Waals surface area contributed by atoms with E-state index in [1.54, 1.807) is 24.9 Å². The number of amides is 2. The molecule has 156 valence electrons. The summed E-state index contributed by atoms with van der Waals surface area (Å²) in [5.74, 6) is -2.06. The average molecular weight is 420 g/mol. The molecule has 1 aromatic rings. The molecule has 4 heterocycles. The topological polar surface area (TPSA) is 114 Å². The molecule has 9 nitrogen and oxygen atoms in total. The molecule has 0 saturated carbocycles. The number of fused-ring (bicyclic) bond motifs is 1. The second-order valence-corrected chi connectivity index (χ2v) is 9.84. The molecule has 3 aliphatic rings. The molecule has 3 aliphatic heterocycles. The molecule has 0 aliphatic carbocycles. The van der Waals surface area contributed by atoms with Crippen LogP contribution in [0.1, 0.15) is 13.8 Å². The van der Waals surface area contributed by atoms with Crippen LogP contribution in [0, 0.1) is 5.92 Å². The minimum Gasteiger partial charge on any atom is -0.480 e. The predicted octanol–water partition coefficient (Wildman–Crippen LogP) is -0.146. The fraction of sp³-hybridized carbons (Fsp3) is 0.579. The smallest absolute Gasteiger partial charge is 0.327 e. The van der Waals surface area contributed by atoms with E-state index in [-0.39, 0.29) is 0 Å². The first-order valence-corrected chi connectivity index (χ1v) is 10.5. The minimum atomic E-state index is -1.46. The molecule has 10 heteroatoms. The van der Waals surface area contributed by atoms with Crippen molar-refractivity contribution in [1.29, 1.82) is 0 Å². The van der Waals surface area contributed by atoms with Gasteiger partial charge in [-0.1, -0.05) is 6.07 Å². The number of aromatic nitrogens is 1. The Morgan fingerprint density at radius 3 is 2.52 bits per heavy atom. The van der Waals surface area contributed by atoms with E-state index in [1.807, 2.05) is 18.2 Å². The van der Waals surface area contributed by atoms with Gasteiger partial charge in [0.15, 0.2) is 0 Å². The molecule has 4 atom stereocenters. The van der Waals surface area contributed by atoms with E-state index in [9.17, 15) is 24.6 Å². The first-order chi connectivity index (χ1) is 13.7. The molecule has 0 aromatic carbocycles. The van der Waals surface area contributed by atoms with Crippen molar-refractivity contribution in [1.82, 2.24) is 14.8 Å². The SMILES string of the molecule is CC1(C)S[C@@H]2[C@H]([C@H](O)C(=O)N3CCN(c4ccccn4)CC3)C(=O)N2[C@H]1C(=O)O. The standard InChI is InChI=1S/C19H24N4O5S/c1-19(2)14(18(27)28)23-15(25)12(17(23)29-19)13(24)16(26)22-9-7-21(8-10-22)11-5-3-4-6-20-11/h3-6,12-14,17,24H,7-10H2,1-2H3,(H,27,28)/t12-,13+,14+,17-/m1/s1. The number of piperazine rings is 1. The Labute approximate surface area is 172 Å². The number of β-lactam (4-membered cyclic amide) rings is 1. The Bertz CT molecular complexity index is 827. The largest absolute Gasteiger partial charge is 0.480 e. The fourth-order valence-corrected chi connectivity index (χ4v) is 6.09. The number of aliphatic carboxylic acids is 1. The molecule has 0 unspecified atom stereocenters. The number of aliphatic hydroxyl groups excluding tert-OH is 1. The van der Waals surface area contributed by atoms with Crippen LogP contribution in [0.3, 0.4) is 0 Å². The summed E-state index contributed by atoms with van der Waals surface area (Å²) in [4.78, 5) is 46.3. The van der Waals surface area contributed by atoms with Crippen LogP contribution in [0.15, 0.2) is 24.4 Å². The summed E-state index contributed by atoms with van der Waals surface area (Å²) in [6.07, 6.45) is 0.261. The van der Waals surface area contributed by atoms with Gasteiger partial charge in [0.05, 0.1) is 5.37 Å². The van der Waals surface area contributed by atoms with Crippen molar-refractivity contribution in [2.45, 2.75) is 36.1 Å². The normalized spacial score (nSPS) is 29.3. The van der Waals surface area contributed by atoms with Gasteiger partial charge in [-0.2, -0.15) is 0 Å². The van der Waals surface area contributed by atoms with Gasteiger partial charge in [-0.25, -0.2) is 9.78 Å². The van der Waals surface area contributed by atoms with Crippen LogP contribution in [-0.2, 0) is 14.4 Å². The highest BCUT2D eigenvalue weighted by Gasteiger charge is 2.66. The van der Waals surface area contributed by atoms with E-state index in [0.29, 0.717) is 26.2 Å². The van der Waals surface area contributed by atoms with Crippen molar-refractivity contribution in [2.75, 3.05) is 31.1 Å². The van der Waals surface area contributed by atoms with Crippen LogP contribution < -0.4 is 4.90 Å². The van der Waals surface area contributed by atoms with Crippen LogP contribution in [0.5, 0.6) is 0 Å². The number of anilines is 1. The number of aliphatic hydroxyl groups is 1. The lowest BCUT2D eigenvalue weighted by Crippen LogP contribution is -2.67. The first-order valence-electron chi connectivity index (χ1n) is 9.58. The zero-order valence-corrected chi connectivity index (χ0v) is 17.1. The maximum Gasteiger partial charge on any atom is 0.327 e. The number of thioether (sulfide) groups is 1. The Morgan fingerprint density at radius 2 is 1.93 bits per heavy atom. The summed E-state index contributed by atoms with van der Waals surface area (Å²) in [5.41, 5.74) is 0. The van der Waals surface area contributed by atoms with Gasteiger partial charge < -0.3 is 24.9 Å². The summed E-state index contributed by atoms with van der Waals surface area (Å²) in [7, 11) is 0. The van der Waals surface area contributed by atoms with Gasteiger partial charge in [0, 0.05) is 37.1 Å². The lowest BCUT2D eigenvalue weighted by Gasteiger charge is -2.46. The molecule has 3 fully saturated rings. The van der Waals surface area contributed by atoms with Crippen LogP contribution in [-0.4, -0.2) is 91.2 Å². The third-order valence-corrected chi connectivity index (χ3v) is 7.47. The van der Waals surface area contributed by atoms with Crippen LogP contribution in [0.2, 0.25) is 0 Å². The molecule has 2 N–H and O–H groups in total. The summed E-state index contributed by atoms with van der Waals surface area (Å²) in [6.45, 7) is 5.57. The van der Waals surface area contributed by atoms with E-state index in [1.165, 1.54) is 16.7 Å². The van der Waals surface area contributed by atoms with Crippen molar-refractivity contribution < 1.29 is 24.6 Å². The maximum absolute atomic E-state index is 12.8. The van der Waals surface area contributed by atoms with E-state index in [0.717, 1.165) is 5.82 Å². The molecular formula is C19H24N4O5S. The molecule has 3 saturated heterocycles. The van der Waals surface area contributed by atoms with Crippen molar-refractivity contribution >= 4 is 35.4 Å². The highest BCUT2D eigenvalue weighted by atomic mass is 32.2. The zero-order chi connectivity index (χ0) is 20.9.